The van der Waals surface area contributed by atoms with Crippen LogP contribution < -0.4 is 0 Å². The Labute approximate surface area is 123 Å². The van der Waals surface area contributed by atoms with Gasteiger partial charge in [-0.05, 0) is 64.6 Å². The highest BCUT2D eigenvalue weighted by Crippen LogP contribution is 2.23. The maximum absolute atomic E-state index is 12.5. The minimum absolute atomic E-state index is 0.0941. The molecule has 0 aromatic rings. The molecule has 4 nitrogen and oxygen atoms in total. The van der Waals surface area contributed by atoms with Crippen LogP contribution in [0.1, 0.15) is 39.0 Å². The van der Waals surface area contributed by atoms with Crippen molar-refractivity contribution in [2.24, 2.45) is 5.92 Å². The van der Waals surface area contributed by atoms with Crippen LogP contribution in [-0.2, 0) is 4.79 Å². The molecule has 0 unspecified atom stereocenters. The van der Waals surface area contributed by atoms with Gasteiger partial charge in [-0.3, -0.25) is 9.69 Å². The largest absolute Gasteiger partial charge is 0.341 e. The number of hydrogen-bond acceptors (Lipinski definition) is 3. The van der Waals surface area contributed by atoms with Crippen molar-refractivity contribution in [3.05, 3.63) is 0 Å². The number of hydrogen-bond donors (Lipinski definition) is 0. The van der Waals surface area contributed by atoms with E-state index in [1.807, 2.05) is 0 Å². The number of nitrogens with zero attached hydrogens (tertiary/aromatic N) is 3. The zero-order valence-corrected chi connectivity index (χ0v) is 12.9. The third kappa shape index (κ3) is 3.17. The second-order valence-corrected chi connectivity index (χ2v) is 6.87. The maximum Gasteiger partial charge on any atom is 0.239 e. The van der Waals surface area contributed by atoms with Crippen LogP contribution in [0.15, 0.2) is 0 Å². The molecule has 20 heavy (non-hydrogen) atoms. The summed E-state index contributed by atoms with van der Waals surface area (Å²) in [5.74, 6) is 1.14. The second kappa shape index (κ2) is 6.44. The molecule has 0 aromatic carbocycles. The lowest BCUT2D eigenvalue weighted by molar-refractivity contribution is -0.135. The van der Waals surface area contributed by atoms with Crippen molar-refractivity contribution in [3.63, 3.8) is 0 Å². The van der Waals surface area contributed by atoms with Gasteiger partial charge in [0, 0.05) is 26.2 Å². The van der Waals surface area contributed by atoms with Gasteiger partial charge < -0.3 is 9.80 Å². The van der Waals surface area contributed by atoms with E-state index < -0.39 is 0 Å². The van der Waals surface area contributed by atoms with Gasteiger partial charge in [-0.2, -0.15) is 0 Å². The van der Waals surface area contributed by atoms with Gasteiger partial charge in [0.05, 0.1) is 6.04 Å². The van der Waals surface area contributed by atoms with Crippen molar-refractivity contribution >= 4 is 5.91 Å². The molecule has 4 heteroatoms. The van der Waals surface area contributed by atoms with E-state index in [-0.39, 0.29) is 6.04 Å². The number of carbonyl (C=O) groups is 1. The maximum atomic E-state index is 12.5. The minimum atomic E-state index is 0.0941. The smallest absolute Gasteiger partial charge is 0.239 e. The molecule has 3 saturated heterocycles. The summed E-state index contributed by atoms with van der Waals surface area (Å²) in [4.78, 5) is 19.6. The lowest BCUT2D eigenvalue weighted by atomic mass is 10.1. The first-order valence-corrected chi connectivity index (χ1v) is 8.49. The average molecular weight is 279 g/mol. The van der Waals surface area contributed by atoms with Crippen LogP contribution in [0.4, 0.5) is 0 Å². The van der Waals surface area contributed by atoms with Crippen molar-refractivity contribution in [2.45, 2.75) is 45.1 Å². The van der Waals surface area contributed by atoms with Gasteiger partial charge in [-0.1, -0.05) is 0 Å². The van der Waals surface area contributed by atoms with Gasteiger partial charge in [-0.15, -0.1) is 0 Å². The molecular weight excluding hydrogens is 250 g/mol. The second-order valence-electron chi connectivity index (χ2n) is 6.87. The van der Waals surface area contributed by atoms with Crippen LogP contribution in [0.3, 0.4) is 0 Å². The lowest BCUT2D eigenvalue weighted by Crippen LogP contribution is -2.45. The number of carbonyl (C=O) groups excluding carboxylic acids is 1. The fourth-order valence-electron chi connectivity index (χ4n) is 4.05. The van der Waals surface area contributed by atoms with Gasteiger partial charge in [0.1, 0.15) is 0 Å². The Bertz CT molecular complexity index is 335. The Morgan fingerprint density at radius 2 is 1.70 bits per heavy atom. The van der Waals surface area contributed by atoms with E-state index in [1.165, 1.54) is 51.7 Å². The summed E-state index contributed by atoms with van der Waals surface area (Å²) in [6.45, 7) is 10.1. The normalized spacial score (nSPS) is 30.2. The molecule has 0 spiro atoms. The zero-order valence-electron chi connectivity index (χ0n) is 12.9. The van der Waals surface area contributed by atoms with E-state index in [9.17, 15) is 4.79 Å². The summed E-state index contributed by atoms with van der Waals surface area (Å²) in [5, 5.41) is 0. The third-order valence-corrected chi connectivity index (χ3v) is 5.36. The van der Waals surface area contributed by atoms with E-state index in [4.69, 9.17) is 0 Å². The van der Waals surface area contributed by atoms with Crippen molar-refractivity contribution in [3.8, 4) is 0 Å². The van der Waals surface area contributed by atoms with Gasteiger partial charge in [0.2, 0.25) is 5.91 Å². The lowest BCUT2D eigenvalue weighted by Gasteiger charge is -2.28. The van der Waals surface area contributed by atoms with Gasteiger partial charge in [0.15, 0.2) is 0 Å². The van der Waals surface area contributed by atoms with Crippen LogP contribution in [0.2, 0.25) is 0 Å². The highest BCUT2D eigenvalue weighted by atomic mass is 16.2. The van der Waals surface area contributed by atoms with Gasteiger partial charge in [0.25, 0.3) is 0 Å². The first kappa shape index (κ1) is 14.3. The van der Waals surface area contributed by atoms with Crippen molar-refractivity contribution < 1.29 is 4.79 Å². The van der Waals surface area contributed by atoms with E-state index in [0.717, 1.165) is 32.1 Å². The Morgan fingerprint density at radius 3 is 2.40 bits per heavy atom. The molecule has 2 atom stereocenters. The summed E-state index contributed by atoms with van der Waals surface area (Å²) in [7, 11) is 0. The first-order chi connectivity index (χ1) is 9.74. The number of rotatable bonds is 4. The SMILES string of the molecule is C[C@@H](C(=O)N1CCCC1)N1CC[C@H](CN2CCCC2)C1. The molecule has 114 valence electrons. The minimum Gasteiger partial charge on any atom is -0.341 e. The quantitative estimate of drug-likeness (QED) is 0.778. The summed E-state index contributed by atoms with van der Waals surface area (Å²) in [5.41, 5.74) is 0. The average Bonchev–Trinajstić information content (AvgIpc) is 3.19. The molecule has 3 rings (SSSR count). The molecule has 0 aliphatic carbocycles. The Morgan fingerprint density at radius 1 is 1.05 bits per heavy atom. The Hall–Kier alpha value is -0.610. The summed E-state index contributed by atoms with van der Waals surface area (Å²) in [6.07, 6.45) is 6.40. The molecule has 1 amide bonds. The molecule has 0 N–H and O–H groups in total. The molecule has 3 aliphatic rings. The number of likely N-dealkylation sites (tertiary alicyclic amines) is 3. The highest BCUT2D eigenvalue weighted by Gasteiger charge is 2.33. The summed E-state index contributed by atoms with van der Waals surface area (Å²) in [6, 6.07) is 0.0941. The zero-order chi connectivity index (χ0) is 13.9. The summed E-state index contributed by atoms with van der Waals surface area (Å²) < 4.78 is 0. The highest BCUT2D eigenvalue weighted by molar-refractivity contribution is 5.81. The fraction of sp³-hybridized carbons (Fsp3) is 0.938. The monoisotopic (exact) mass is 279 g/mol. The van der Waals surface area contributed by atoms with Crippen molar-refractivity contribution in [1.29, 1.82) is 0 Å². The van der Waals surface area contributed by atoms with Crippen LogP contribution >= 0.6 is 0 Å². The molecule has 3 heterocycles. The fourth-order valence-corrected chi connectivity index (χ4v) is 4.05. The number of amides is 1. The van der Waals surface area contributed by atoms with Crippen LogP contribution in [0.25, 0.3) is 0 Å². The molecule has 0 radical (unpaired) electrons. The topological polar surface area (TPSA) is 26.8 Å². The van der Waals surface area contributed by atoms with Gasteiger partial charge in [-0.25, -0.2) is 0 Å². The first-order valence-electron chi connectivity index (χ1n) is 8.49. The Balaban J connectivity index is 1.47. The van der Waals surface area contributed by atoms with Crippen molar-refractivity contribution in [1.82, 2.24) is 14.7 Å². The molecular formula is C16H29N3O. The van der Waals surface area contributed by atoms with E-state index >= 15 is 0 Å². The third-order valence-electron chi connectivity index (χ3n) is 5.36. The summed E-state index contributed by atoms with van der Waals surface area (Å²) >= 11 is 0. The van der Waals surface area contributed by atoms with Crippen LogP contribution in [0.5, 0.6) is 0 Å². The molecule has 0 bridgehead atoms. The van der Waals surface area contributed by atoms with Crippen molar-refractivity contribution in [2.75, 3.05) is 45.8 Å². The molecule has 3 fully saturated rings. The van der Waals surface area contributed by atoms with E-state index in [1.54, 1.807) is 0 Å². The van der Waals surface area contributed by atoms with E-state index in [2.05, 4.69) is 21.6 Å². The van der Waals surface area contributed by atoms with Crippen LogP contribution in [-0.4, -0.2) is 72.5 Å². The molecule has 3 aliphatic heterocycles. The molecule has 0 aromatic heterocycles. The van der Waals surface area contributed by atoms with E-state index in [0.29, 0.717) is 5.91 Å². The molecule has 0 saturated carbocycles. The predicted molar refractivity (Wildman–Crippen MR) is 80.6 cm³/mol. The predicted octanol–water partition coefficient (Wildman–Crippen LogP) is 1.42. The standard InChI is InChI=1S/C16H29N3O/c1-14(16(20)18-9-4-5-10-18)19-11-6-15(13-19)12-17-7-2-3-8-17/h14-15H,2-13H2,1H3/t14-,15+/m0/s1. The Kier molecular flexibility index (Phi) is 4.61. The van der Waals surface area contributed by atoms with Gasteiger partial charge >= 0.3 is 0 Å². The van der Waals surface area contributed by atoms with Crippen LogP contribution in [0, 0.1) is 5.92 Å².